The molecule has 2 heterocycles. The molecule has 0 unspecified atom stereocenters. The highest BCUT2D eigenvalue weighted by molar-refractivity contribution is 7.16. The fourth-order valence-corrected chi connectivity index (χ4v) is 2.94. The van der Waals surface area contributed by atoms with Crippen LogP contribution in [0.2, 0.25) is 0 Å². The molecule has 0 fully saturated rings. The first-order valence-corrected chi connectivity index (χ1v) is 6.74. The first kappa shape index (κ1) is 11.6. The normalized spacial score (nSPS) is 10.6. The number of methoxy groups -OCH3 is 1. The summed E-state index contributed by atoms with van der Waals surface area (Å²) in [5, 5.41) is 6.27. The quantitative estimate of drug-likeness (QED) is 0.832. The van der Waals surface area contributed by atoms with Gasteiger partial charge in [0.2, 0.25) is 0 Å². The van der Waals surface area contributed by atoms with Crippen molar-refractivity contribution in [2.45, 2.75) is 6.92 Å². The minimum atomic E-state index is 0.701. The molecule has 2 aromatic rings. The predicted octanol–water partition coefficient (Wildman–Crippen LogP) is 3.24. The Bertz CT molecular complexity index is 450. The molecule has 3 nitrogen and oxygen atoms in total. The highest BCUT2D eigenvalue weighted by Crippen LogP contribution is 2.30. The Morgan fingerprint density at radius 2 is 2.31 bits per heavy atom. The van der Waals surface area contributed by atoms with Crippen LogP contribution in [-0.2, 0) is 4.74 Å². The summed E-state index contributed by atoms with van der Waals surface area (Å²) in [5.41, 5.74) is 1.06. The van der Waals surface area contributed by atoms with E-state index in [9.17, 15) is 0 Å². The lowest BCUT2D eigenvalue weighted by molar-refractivity contribution is 0.211. The number of hydrogen-bond donors (Lipinski definition) is 1. The van der Waals surface area contributed by atoms with Crippen molar-refractivity contribution in [3.8, 4) is 10.6 Å². The topological polar surface area (TPSA) is 34.1 Å². The summed E-state index contributed by atoms with van der Waals surface area (Å²) in [6, 6.07) is 4.24. The zero-order valence-corrected chi connectivity index (χ0v) is 11.0. The number of thiophene rings is 1. The summed E-state index contributed by atoms with van der Waals surface area (Å²) in [6.07, 6.45) is 0. The average Bonchev–Trinajstić information content (AvgIpc) is 2.87. The van der Waals surface area contributed by atoms with Crippen molar-refractivity contribution >= 4 is 27.8 Å². The Morgan fingerprint density at radius 3 is 3.00 bits per heavy atom. The monoisotopic (exact) mass is 254 g/mol. The molecule has 0 radical (unpaired) electrons. The van der Waals surface area contributed by atoms with Crippen LogP contribution in [0.1, 0.15) is 4.88 Å². The van der Waals surface area contributed by atoms with Gasteiger partial charge in [-0.05, 0) is 19.1 Å². The fourth-order valence-electron chi connectivity index (χ4n) is 1.30. The standard InChI is InChI=1S/C11H14N2OS2/c1-8-3-4-10(16-8)9-7-15-11(13-9)12-5-6-14-2/h3-4,7H,5-6H2,1-2H3,(H,12,13). The summed E-state index contributed by atoms with van der Waals surface area (Å²) in [7, 11) is 1.70. The lowest BCUT2D eigenvalue weighted by Gasteiger charge is -1.99. The summed E-state index contributed by atoms with van der Waals surface area (Å²) >= 11 is 3.41. The molecule has 0 saturated carbocycles. The van der Waals surface area contributed by atoms with Gasteiger partial charge >= 0.3 is 0 Å². The number of nitrogens with one attached hydrogen (secondary N) is 1. The molecule has 2 rings (SSSR count). The van der Waals surface area contributed by atoms with E-state index in [4.69, 9.17) is 4.74 Å². The lowest BCUT2D eigenvalue weighted by Crippen LogP contribution is -2.06. The summed E-state index contributed by atoms with van der Waals surface area (Å²) in [4.78, 5) is 7.07. The Hall–Kier alpha value is -0.910. The summed E-state index contributed by atoms with van der Waals surface area (Å²) < 4.78 is 4.97. The van der Waals surface area contributed by atoms with Gasteiger partial charge in [0.25, 0.3) is 0 Å². The van der Waals surface area contributed by atoms with Crippen LogP contribution in [0.15, 0.2) is 17.5 Å². The third-order valence-electron chi connectivity index (χ3n) is 2.08. The average molecular weight is 254 g/mol. The van der Waals surface area contributed by atoms with E-state index < -0.39 is 0 Å². The maximum Gasteiger partial charge on any atom is 0.183 e. The van der Waals surface area contributed by atoms with Crippen LogP contribution in [0.5, 0.6) is 0 Å². The number of nitrogens with zero attached hydrogens (tertiary/aromatic N) is 1. The van der Waals surface area contributed by atoms with Gasteiger partial charge in [0, 0.05) is 23.9 Å². The number of rotatable bonds is 5. The van der Waals surface area contributed by atoms with Crippen LogP contribution < -0.4 is 5.32 Å². The molecular weight excluding hydrogens is 240 g/mol. The molecule has 0 aromatic carbocycles. The summed E-state index contributed by atoms with van der Waals surface area (Å²) in [5.74, 6) is 0. The number of aromatic nitrogens is 1. The van der Waals surface area contributed by atoms with Crippen LogP contribution in [0, 0.1) is 6.92 Å². The predicted molar refractivity (Wildman–Crippen MR) is 70.5 cm³/mol. The molecular formula is C11H14N2OS2. The lowest BCUT2D eigenvalue weighted by atomic mass is 10.4. The first-order valence-electron chi connectivity index (χ1n) is 5.05. The SMILES string of the molecule is COCCNc1nc(-c2ccc(C)s2)cs1. The summed E-state index contributed by atoms with van der Waals surface area (Å²) in [6.45, 7) is 3.61. The number of aryl methyl sites for hydroxylation is 1. The molecule has 1 N–H and O–H groups in total. The molecule has 0 aliphatic heterocycles. The number of ether oxygens (including phenoxy) is 1. The minimum Gasteiger partial charge on any atom is -0.383 e. The first-order chi connectivity index (χ1) is 7.79. The van der Waals surface area contributed by atoms with E-state index in [1.807, 2.05) is 0 Å². The van der Waals surface area contributed by atoms with E-state index >= 15 is 0 Å². The van der Waals surface area contributed by atoms with Crippen molar-refractivity contribution < 1.29 is 4.74 Å². The van der Waals surface area contributed by atoms with Gasteiger partial charge in [0.15, 0.2) is 5.13 Å². The molecule has 0 bridgehead atoms. The zero-order chi connectivity index (χ0) is 11.4. The highest BCUT2D eigenvalue weighted by atomic mass is 32.1. The van der Waals surface area contributed by atoms with Gasteiger partial charge < -0.3 is 10.1 Å². The van der Waals surface area contributed by atoms with Gasteiger partial charge in [0.1, 0.15) is 0 Å². The van der Waals surface area contributed by atoms with Crippen molar-refractivity contribution in [3.63, 3.8) is 0 Å². The Morgan fingerprint density at radius 1 is 1.44 bits per heavy atom. The zero-order valence-electron chi connectivity index (χ0n) is 9.32. The maximum absolute atomic E-state index is 4.97. The van der Waals surface area contributed by atoms with E-state index in [2.05, 4.69) is 34.7 Å². The molecule has 86 valence electrons. The molecule has 2 aromatic heterocycles. The van der Waals surface area contributed by atoms with Crippen molar-refractivity contribution in [3.05, 3.63) is 22.4 Å². The van der Waals surface area contributed by atoms with Gasteiger partial charge in [-0.25, -0.2) is 4.98 Å². The van der Waals surface area contributed by atoms with E-state index in [0.717, 1.165) is 17.4 Å². The second-order valence-electron chi connectivity index (χ2n) is 3.37. The molecule has 0 saturated heterocycles. The highest BCUT2D eigenvalue weighted by Gasteiger charge is 2.05. The van der Waals surface area contributed by atoms with Crippen LogP contribution in [0.3, 0.4) is 0 Å². The second kappa shape index (κ2) is 5.43. The second-order valence-corrected chi connectivity index (χ2v) is 5.51. The van der Waals surface area contributed by atoms with Gasteiger partial charge in [-0.1, -0.05) is 0 Å². The largest absolute Gasteiger partial charge is 0.383 e. The Kier molecular flexibility index (Phi) is 3.93. The molecule has 16 heavy (non-hydrogen) atoms. The van der Waals surface area contributed by atoms with E-state index in [1.165, 1.54) is 9.75 Å². The smallest absolute Gasteiger partial charge is 0.183 e. The molecule has 0 aliphatic rings. The van der Waals surface area contributed by atoms with Gasteiger partial charge in [-0.3, -0.25) is 0 Å². The molecule has 5 heteroatoms. The van der Waals surface area contributed by atoms with Crippen LogP contribution in [-0.4, -0.2) is 25.2 Å². The van der Waals surface area contributed by atoms with Crippen molar-refractivity contribution in [2.75, 3.05) is 25.6 Å². The van der Waals surface area contributed by atoms with Gasteiger partial charge in [-0.15, -0.1) is 22.7 Å². The van der Waals surface area contributed by atoms with Crippen molar-refractivity contribution in [1.82, 2.24) is 4.98 Å². The number of thiazole rings is 1. The van der Waals surface area contributed by atoms with Gasteiger partial charge in [0.05, 0.1) is 17.2 Å². The van der Waals surface area contributed by atoms with Crippen LogP contribution in [0.4, 0.5) is 5.13 Å². The molecule has 0 aliphatic carbocycles. The Balaban J connectivity index is 2.02. The van der Waals surface area contributed by atoms with Crippen LogP contribution in [0.25, 0.3) is 10.6 Å². The minimum absolute atomic E-state index is 0.701. The fraction of sp³-hybridized carbons (Fsp3) is 0.364. The maximum atomic E-state index is 4.97. The van der Waals surface area contributed by atoms with Crippen LogP contribution >= 0.6 is 22.7 Å². The third kappa shape index (κ3) is 2.81. The van der Waals surface area contributed by atoms with E-state index in [-0.39, 0.29) is 0 Å². The van der Waals surface area contributed by atoms with Crippen molar-refractivity contribution in [2.24, 2.45) is 0 Å². The molecule has 0 amide bonds. The molecule has 0 atom stereocenters. The van der Waals surface area contributed by atoms with Gasteiger partial charge in [-0.2, -0.15) is 0 Å². The van der Waals surface area contributed by atoms with E-state index in [0.29, 0.717) is 6.61 Å². The molecule has 0 spiro atoms. The number of hydrogen-bond acceptors (Lipinski definition) is 5. The number of anilines is 1. The third-order valence-corrected chi connectivity index (χ3v) is 3.90. The Labute approximate surface area is 103 Å². The van der Waals surface area contributed by atoms with E-state index in [1.54, 1.807) is 29.8 Å². The van der Waals surface area contributed by atoms with Crippen molar-refractivity contribution in [1.29, 1.82) is 0 Å².